The Bertz CT molecular complexity index is 475. The summed E-state index contributed by atoms with van der Waals surface area (Å²) in [5.41, 5.74) is 0.138. The van der Waals surface area contributed by atoms with E-state index in [1.165, 1.54) is 6.07 Å². The molecule has 1 aromatic carbocycles. The van der Waals surface area contributed by atoms with Crippen molar-refractivity contribution in [1.82, 2.24) is 5.32 Å². The quantitative estimate of drug-likeness (QED) is 0.873. The summed E-state index contributed by atoms with van der Waals surface area (Å²) >= 11 is 0. The van der Waals surface area contributed by atoms with E-state index in [1.54, 1.807) is 32.9 Å². The average Bonchev–Trinajstić information content (AvgIpc) is 2.30. The molecule has 0 fully saturated rings. The first kappa shape index (κ1) is 13.2. The van der Waals surface area contributed by atoms with E-state index in [4.69, 9.17) is 5.26 Å². The molecule has 0 atom stereocenters. The fraction of sp³-hybridized carbons (Fsp3) is 0.385. The molecule has 0 saturated heterocycles. The van der Waals surface area contributed by atoms with Crippen molar-refractivity contribution in [3.05, 3.63) is 35.1 Å². The summed E-state index contributed by atoms with van der Waals surface area (Å²) in [6.07, 6.45) is 0. The zero-order valence-corrected chi connectivity index (χ0v) is 10.2. The number of carbonyl (C=O) groups is 1. The predicted octanol–water partition coefficient (Wildman–Crippen LogP) is 2.41. The maximum atomic E-state index is 13.2. The lowest BCUT2D eigenvalue weighted by molar-refractivity contribution is 0.0943. The molecular weight excluding hydrogens is 219 g/mol. The molecule has 3 nitrogen and oxygen atoms in total. The van der Waals surface area contributed by atoms with Gasteiger partial charge in [0.15, 0.2) is 0 Å². The van der Waals surface area contributed by atoms with Crippen LogP contribution in [-0.4, -0.2) is 12.5 Å². The Kier molecular flexibility index (Phi) is 3.84. The van der Waals surface area contributed by atoms with Gasteiger partial charge in [0.05, 0.1) is 11.5 Å². The molecule has 0 aliphatic heterocycles. The van der Waals surface area contributed by atoms with Gasteiger partial charge in [0.1, 0.15) is 5.82 Å². The number of aryl methyl sites for hydroxylation is 1. The van der Waals surface area contributed by atoms with Crippen molar-refractivity contribution in [3.63, 3.8) is 0 Å². The van der Waals surface area contributed by atoms with Gasteiger partial charge in [-0.3, -0.25) is 4.79 Å². The van der Waals surface area contributed by atoms with Gasteiger partial charge < -0.3 is 5.32 Å². The van der Waals surface area contributed by atoms with Crippen molar-refractivity contribution in [3.8, 4) is 6.07 Å². The van der Waals surface area contributed by atoms with Crippen molar-refractivity contribution >= 4 is 5.91 Å². The summed E-state index contributed by atoms with van der Waals surface area (Å²) in [4.78, 5) is 11.7. The van der Waals surface area contributed by atoms with Crippen molar-refractivity contribution in [1.29, 1.82) is 5.26 Å². The summed E-state index contributed by atoms with van der Waals surface area (Å²) in [7, 11) is 0. The Morgan fingerprint density at radius 2 is 2.18 bits per heavy atom. The van der Waals surface area contributed by atoms with Gasteiger partial charge in [-0.1, -0.05) is 6.07 Å². The molecule has 0 heterocycles. The highest BCUT2D eigenvalue weighted by Gasteiger charge is 2.18. The maximum Gasteiger partial charge on any atom is 0.251 e. The van der Waals surface area contributed by atoms with E-state index in [2.05, 4.69) is 11.4 Å². The van der Waals surface area contributed by atoms with Crippen LogP contribution in [0, 0.1) is 29.5 Å². The van der Waals surface area contributed by atoms with Crippen LogP contribution < -0.4 is 5.32 Å². The summed E-state index contributed by atoms with van der Waals surface area (Å²) in [6.45, 7) is 5.32. The first-order valence-electron chi connectivity index (χ1n) is 5.31. The minimum Gasteiger partial charge on any atom is -0.350 e. The Labute approximate surface area is 100 Å². The fourth-order valence-electron chi connectivity index (χ4n) is 1.18. The second kappa shape index (κ2) is 4.96. The largest absolute Gasteiger partial charge is 0.350 e. The Morgan fingerprint density at radius 1 is 1.53 bits per heavy atom. The van der Waals surface area contributed by atoms with E-state index < -0.39 is 11.2 Å². The number of hydrogen-bond donors (Lipinski definition) is 1. The Balaban J connectivity index is 2.72. The summed E-state index contributed by atoms with van der Waals surface area (Å²) in [5.74, 6) is -0.774. The van der Waals surface area contributed by atoms with E-state index >= 15 is 0 Å². The second-order valence-electron chi connectivity index (χ2n) is 4.64. The number of hydrogen-bond acceptors (Lipinski definition) is 2. The number of benzene rings is 1. The first-order chi connectivity index (χ1) is 7.85. The molecule has 90 valence electrons. The zero-order valence-electron chi connectivity index (χ0n) is 10.2. The zero-order chi connectivity index (χ0) is 13.1. The van der Waals surface area contributed by atoms with Crippen LogP contribution in [-0.2, 0) is 0 Å². The standard InChI is InChI=1S/C13H15FN2O/c1-9-4-5-10(6-11(9)14)12(17)16-8-13(2,3)7-15/h4-6H,8H2,1-3H3,(H,16,17). The molecule has 17 heavy (non-hydrogen) atoms. The third-order valence-corrected chi connectivity index (χ3v) is 2.43. The van der Waals surface area contributed by atoms with E-state index in [0.717, 1.165) is 0 Å². The number of rotatable bonds is 3. The highest BCUT2D eigenvalue weighted by atomic mass is 19.1. The van der Waals surface area contributed by atoms with Crippen LogP contribution in [0.5, 0.6) is 0 Å². The van der Waals surface area contributed by atoms with Crippen LogP contribution in [0.1, 0.15) is 29.8 Å². The minimum atomic E-state index is -0.626. The highest BCUT2D eigenvalue weighted by Crippen LogP contribution is 2.12. The number of nitrogens with zero attached hydrogens (tertiary/aromatic N) is 1. The van der Waals surface area contributed by atoms with Crippen molar-refractivity contribution in [2.24, 2.45) is 5.41 Å². The van der Waals surface area contributed by atoms with E-state index in [9.17, 15) is 9.18 Å². The number of nitrogens with one attached hydrogen (secondary N) is 1. The van der Waals surface area contributed by atoms with Crippen LogP contribution in [0.4, 0.5) is 4.39 Å². The molecule has 0 aromatic heterocycles. The third-order valence-electron chi connectivity index (χ3n) is 2.43. The van der Waals surface area contributed by atoms with Crippen LogP contribution in [0.25, 0.3) is 0 Å². The molecule has 0 aliphatic rings. The average molecular weight is 234 g/mol. The van der Waals surface area contributed by atoms with Gasteiger partial charge in [-0.15, -0.1) is 0 Å². The first-order valence-corrected chi connectivity index (χ1v) is 5.31. The van der Waals surface area contributed by atoms with Crippen molar-refractivity contribution < 1.29 is 9.18 Å². The molecule has 0 radical (unpaired) electrons. The van der Waals surface area contributed by atoms with Crippen molar-refractivity contribution in [2.45, 2.75) is 20.8 Å². The fourth-order valence-corrected chi connectivity index (χ4v) is 1.18. The lowest BCUT2D eigenvalue weighted by atomic mass is 9.96. The molecular formula is C13H15FN2O. The van der Waals surface area contributed by atoms with Crippen LogP contribution in [0.3, 0.4) is 0 Å². The predicted molar refractivity (Wildman–Crippen MR) is 62.9 cm³/mol. The minimum absolute atomic E-state index is 0.234. The summed E-state index contributed by atoms with van der Waals surface area (Å²) < 4.78 is 13.2. The number of amides is 1. The molecule has 1 amide bonds. The molecule has 4 heteroatoms. The molecule has 0 spiro atoms. The maximum absolute atomic E-state index is 13.2. The van der Waals surface area contributed by atoms with Gasteiger partial charge in [-0.05, 0) is 38.5 Å². The highest BCUT2D eigenvalue weighted by molar-refractivity contribution is 5.94. The summed E-state index contributed by atoms with van der Waals surface area (Å²) in [6, 6.07) is 6.40. The van der Waals surface area contributed by atoms with Gasteiger partial charge in [-0.25, -0.2) is 4.39 Å². The van der Waals surface area contributed by atoms with Gasteiger partial charge in [0, 0.05) is 12.1 Å². The third kappa shape index (κ3) is 3.56. The summed E-state index contributed by atoms with van der Waals surface area (Å²) in [5, 5.41) is 11.4. The topological polar surface area (TPSA) is 52.9 Å². The Morgan fingerprint density at radius 3 is 2.71 bits per heavy atom. The van der Waals surface area contributed by atoms with E-state index in [-0.39, 0.29) is 18.0 Å². The molecule has 0 bridgehead atoms. The molecule has 1 rings (SSSR count). The lowest BCUT2D eigenvalue weighted by Crippen LogP contribution is -2.33. The molecule has 0 unspecified atom stereocenters. The Hall–Kier alpha value is -1.89. The lowest BCUT2D eigenvalue weighted by Gasteiger charge is -2.15. The van der Waals surface area contributed by atoms with Gasteiger partial charge >= 0.3 is 0 Å². The van der Waals surface area contributed by atoms with E-state index in [1.807, 2.05) is 0 Å². The van der Waals surface area contributed by atoms with Crippen LogP contribution in [0.2, 0.25) is 0 Å². The number of halogens is 1. The van der Waals surface area contributed by atoms with Crippen molar-refractivity contribution in [2.75, 3.05) is 6.54 Å². The number of carbonyl (C=O) groups excluding carboxylic acids is 1. The van der Waals surface area contributed by atoms with Gasteiger partial charge in [-0.2, -0.15) is 5.26 Å². The van der Waals surface area contributed by atoms with Gasteiger partial charge in [0.25, 0.3) is 5.91 Å². The molecule has 1 N–H and O–H groups in total. The monoisotopic (exact) mass is 234 g/mol. The number of nitriles is 1. The molecule has 0 aliphatic carbocycles. The van der Waals surface area contributed by atoms with E-state index in [0.29, 0.717) is 5.56 Å². The van der Waals surface area contributed by atoms with Crippen LogP contribution >= 0.6 is 0 Å². The smallest absolute Gasteiger partial charge is 0.251 e. The molecule has 0 saturated carbocycles. The second-order valence-corrected chi connectivity index (χ2v) is 4.64. The molecule has 1 aromatic rings. The van der Waals surface area contributed by atoms with Gasteiger partial charge in [0.2, 0.25) is 0 Å². The van der Waals surface area contributed by atoms with Crippen LogP contribution in [0.15, 0.2) is 18.2 Å². The normalized spacial score (nSPS) is 10.8. The SMILES string of the molecule is Cc1ccc(C(=O)NCC(C)(C)C#N)cc1F.